The number of aryl methyl sites for hydroxylation is 1. The number of hydrogen-bond acceptors (Lipinski definition) is 4. The van der Waals surface area contributed by atoms with Crippen molar-refractivity contribution >= 4 is 12.6 Å². The zero-order chi connectivity index (χ0) is 13.8. The first-order chi connectivity index (χ1) is 8.35. The summed E-state index contributed by atoms with van der Waals surface area (Å²) in [5.41, 5.74) is 1.10. The average molecular weight is 252 g/mol. The summed E-state index contributed by atoms with van der Waals surface area (Å²) in [5, 5.41) is 18.2. The molecule has 0 aliphatic heterocycles. The van der Waals surface area contributed by atoms with Gasteiger partial charge in [0, 0.05) is 13.5 Å². The first-order valence-corrected chi connectivity index (χ1v) is 6.00. The van der Waals surface area contributed by atoms with E-state index in [4.69, 9.17) is 19.5 Å². The molecule has 18 heavy (non-hydrogen) atoms. The minimum atomic E-state index is -1.44. The number of ether oxygens (including phenoxy) is 2. The van der Waals surface area contributed by atoms with Crippen LogP contribution in [0.5, 0.6) is 5.75 Å². The van der Waals surface area contributed by atoms with Crippen molar-refractivity contribution in [3.05, 3.63) is 23.8 Å². The van der Waals surface area contributed by atoms with Crippen LogP contribution >= 0.6 is 0 Å². The Labute approximate surface area is 109 Å². The lowest BCUT2D eigenvalue weighted by atomic mass is 9.77. The number of benzene rings is 1. The second-order valence-corrected chi connectivity index (χ2v) is 4.95. The molecule has 1 aromatic carbocycles. The quantitative estimate of drug-likeness (QED) is 0.737. The topological polar surface area (TPSA) is 58.9 Å². The second kappa shape index (κ2) is 6.23. The molecule has 0 aromatic heterocycles. The minimum absolute atomic E-state index is 0.198. The van der Waals surface area contributed by atoms with Gasteiger partial charge in [0.05, 0.1) is 12.2 Å². The van der Waals surface area contributed by atoms with E-state index in [1.165, 1.54) is 0 Å². The van der Waals surface area contributed by atoms with Gasteiger partial charge >= 0.3 is 7.12 Å². The maximum absolute atomic E-state index is 9.11. The summed E-state index contributed by atoms with van der Waals surface area (Å²) in [4.78, 5) is 0. The van der Waals surface area contributed by atoms with E-state index in [9.17, 15) is 0 Å². The van der Waals surface area contributed by atoms with Crippen LogP contribution in [0.25, 0.3) is 0 Å². The van der Waals surface area contributed by atoms with Gasteiger partial charge in [-0.1, -0.05) is 6.07 Å². The molecule has 0 fully saturated rings. The van der Waals surface area contributed by atoms with Gasteiger partial charge < -0.3 is 19.5 Å². The Balaban J connectivity index is 2.57. The number of rotatable bonds is 6. The van der Waals surface area contributed by atoms with Crippen LogP contribution in [-0.2, 0) is 4.74 Å². The van der Waals surface area contributed by atoms with Crippen molar-refractivity contribution < 1.29 is 19.5 Å². The first-order valence-electron chi connectivity index (χ1n) is 6.00. The number of methoxy groups -OCH3 is 1. The Morgan fingerprint density at radius 1 is 1.28 bits per heavy atom. The highest BCUT2D eigenvalue weighted by molar-refractivity contribution is 6.59. The van der Waals surface area contributed by atoms with Crippen LogP contribution < -0.4 is 10.2 Å². The van der Waals surface area contributed by atoms with Crippen LogP contribution in [0.15, 0.2) is 18.2 Å². The van der Waals surface area contributed by atoms with Crippen LogP contribution in [0.1, 0.15) is 25.8 Å². The molecule has 0 heterocycles. The first kappa shape index (κ1) is 15.0. The molecule has 5 heteroatoms. The van der Waals surface area contributed by atoms with Crippen molar-refractivity contribution in [2.24, 2.45) is 0 Å². The fourth-order valence-corrected chi connectivity index (χ4v) is 1.54. The van der Waals surface area contributed by atoms with Crippen molar-refractivity contribution in [1.29, 1.82) is 0 Å². The molecule has 0 bridgehead atoms. The van der Waals surface area contributed by atoms with E-state index in [1.54, 1.807) is 25.3 Å². The van der Waals surface area contributed by atoms with E-state index in [2.05, 4.69) is 0 Å². The molecule has 2 N–H and O–H groups in total. The summed E-state index contributed by atoms with van der Waals surface area (Å²) in [6.07, 6.45) is 0.785. The second-order valence-electron chi connectivity index (χ2n) is 4.95. The van der Waals surface area contributed by atoms with Crippen molar-refractivity contribution in [3.8, 4) is 5.75 Å². The SMILES string of the molecule is COC(C)(C)CCOc1ccc(B(O)O)c(C)c1. The molecular formula is C13H21BO4. The molecular weight excluding hydrogens is 231 g/mol. The zero-order valence-electron chi connectivity index (χ0n) is 11.4. The number of hydrogen-bond donors (Lipinski definition) is 2. The molecule has 0 unspecified atom stereocenters. The molecule has 4 nitrogen and oxygen atoms in total. The van der Waals surface area contributed by atoms with Gasteiger partial charge in [-0.25, -0.2) is 0 Å². The molecule has 0 saturated heterocycles. The van der Waals surface area contributed by atoms with E-state index in [0.717, 1.165) is 17.7 Å². The van der Waals surface area contributed by atoms with Crippen molar-refractivity contribution in [2.75, 3.05) is 13.7 Å². The highest BCUT2D eigenvalue weighted by atomic mass is 16.5. The van der Waals surface area contributed by atoms with Gasteiger partial charge in [0.25, 0.3) is 0 Å². The molecule has 0 amide bonds. The molecule has 0 spiro atoms. The molecule has 0 aliphatic carbocycles. The lowest BCUT2D eigenvalue weighted by molar-refractivity contribution is 0.00546. The fraction of sp³-hybridized carbons (Fsp3) is 0.538. The minimum Gasteiger partial charge on any atom is -0.493 e. The van der Waals surface area contributed by atoms with Crippen molar-refractivity contribution in [3.63, 3.8) is 0 Å². The monoisotopic (exact) mass is 252 g/mol. The van der Waals surface area contributed by atoms with Gasteiger partial charge in [-0.15, -0.1) is 0 Å². The van der Waals surface area contributed by atoms with Crippen LogP contribution in [0.3, 0.4) is 0 Å². The van der Waals surface area contributed by atoms with Gasteiger partial charge in [-0.05, 0) is 43.9 Å². The van der Waals surface area contributed by atoms with E-state index in [0.29, 0.717) is 12.1 Å². The maximum Gasteiger partial charge on any atom is 0.488 e. The normalized spacial score (nSPS) is 11.4. The predicted molar refractivity (Wildman–Crippen MR) is 72.2 cm³/mol. The molecule has 0 radical (unpaired) electrons. The maximum atomic E-state index is 9.11. The molecule has 0 atom stereocenters. The summed E-state index contributed by atoms with van der Waals surface area (Å²) >= 11 is 0. The largest absolute Gasteiger partial charge is 0.493 e. The van der Waals surface area contributed by atoms with E-state index in [1.807, 2.05) is 20.8 Å². The van der Waals surface area contributed by atoms with Gasteiger partial charge in [0.15, 0.2) is 0 Å². The average Bonchev–Trinajstić information content (AvgIpc) is 2.28. The van der Waals surface area contributed by atoms with Crippen LogP contribution in [0.2, 0.25) is 0 Å². The standard InChI is InChI=1S/C13H21BO4/c1-10-9-11(5-6-12(10)14(15)16)18-8-7-13(2,3)17-4/h5-6,9,15-16H,7-8H2,1-4H3. The summed E-state index contributed by atoms with van der Waals surface area (Å²) in [6.45, 7) is 6.39. The molecule has 1 aromatic rings. The molecule has 0 saturated carbocycles. The Bertz CT molecular complexity index is 391. The van der Waals surface area contributed by atoms with Gasteiger partial charge in [-0.2, -0.15) is 0 Å². The molecule has 100 valence electrons. The van der Waals surface area contributed by atoms with Crippen LogP contribution in [-0.4, -0.2) is 36.5 Å². The Morgan fingerprint density at radius 2 is 1.94 bits per heavy atom. The van der Waals surface area contributed by atoms with Gasteiger partial charge in [0.2, 0.25) is 0 Å². The zero-order valence-corrected chi connectivity index (χ0v) is 11.4. The van der Waals surface area contributed by atoms with Crippen LogP contribution in [0, 0.1) is 6.92 Å². The summed E-state index contributed by atoms with van der Waals surface area (Å²) in [7, 11) is 0.244. The van der Waals surface area contributed by atoms with Crippen molar-refractivity contribution in [1.82, 2.24) is 0 Å². The summed E-state index contributed by atoms with van der Waals surface area (Å²) in [5.74, 6) is 0.726. The Kier molecular flexibility index (Phi) is 5.20. The third-order valence-corrected chi connectivity index (χ3v) is 3.04. The molecule has 1 rings (SSSR count). The Hall–Kier alpha value is -1.04. The van der Waals surface area contributed by atoms with E-state index in [-0.39, 0.29) is 5.60 Å². The molecule has 0 aliphatic rings. The van der Waals surface area contributed by atoms with Gasteiger partial charge in [-0.3, -0.25) is 0 Å². The highest BCUT2D eigenvalue weighted by Gasteiger charge is 2.17. The van der Waals surface area contributed by atoms with Crippen molar-refractivity contribution in [2.45, 2.75) is 32.8 Å². The van der Waals surface area contributed by atoms with E-state index >= 15 is 0 Å². The van der Waals surface area contributed by atoms with Gasteiger partial charge in [0.1, 0.15) is 5.75 Å². The lowest BCUT2D eigenvalue weighted by Gasteiger charge is -2.22. The highest BCUT2D eigenvalue weighted by Crippen LogP contribution is 2.16. The lowest BCUT2D eigenvalue weighted by Crippen LogP contribution is -2.32. The fourth-order valence-electron chi connectivity index (χ4n) is 1.54. The van der Waals surface area contributed by atoms with E-state index < -0.39 is 7.12 Å². The summed E-state index contributed by atoms with van der Waals surface area (Å²) < 4.78 is 10.9. The Morgan fingerprint density at radius 3 is 2.44 bits per heavy atom. The third kappa shape index (κ3) is 4.33. The smallest absolute Gasteiger partial charge is 0.488 e. The third-order valence-electron chi connectivity index (χ3n) is 3.04. The predicted octanol–water partition coefficient (Wildman–Crippen LogP) is 0.869. The summed E-state index contributed by atoms with van der Waals surface area (Å²) in [6, 6.07) is 5.20. The van der Waals surface area contributed by atoms with Crippen LogP contribution in [0.4, 0.5) is 0 Å².